The number of rotatable bonds is 7. The van der Waals surface area contributed by atoms with Gasteiger partial charge in [0.05, 0.1) is 6.61 Å². The van der Waals surface area contributed by atoms with Gasteiger partial charge in [0.25, 0.3) is 0 Å². The monoisotopic (exact) mass is 241 g/mol. The third kappa shape index (κ3) is 6.06. The first kappa shape index (κ1) is 14.8. The van der Waals surface area contributed by atoms with Crippen molar-refractivity contribution in [2.45, 2.75) is 25.8 Å². The van der Waals surface area contributed by atoms with Gasteiger partial charge in [0.15, 0.2) is 0 Å². The Morgan fingerprint density at radius 3 is 2.13 bits per heavy atom. The predicted molar refractivity (Wildman–Crippen MR) is 55.7 cm³/mol. The fourth-order valence-electron chi connectivity index (χ4n) is 1.07. The fraction of sp³-hybridized carbons (Fsp3) is 1.00. The normalized spacial score (nSPS) is 14.9. The first-order valence-corrected chi connectivity index (χ1v) is 6.28. The molecule has 0 aliphatic carbocycles. The summed E-state index contributed by atoms with van der Waals surface area (Å²) in [5.74, 6) is 0.347. The number of aliphatic hydroxyl groups is 2. The Bertz CT molecular complexity index is 264. The minimum atomic E-state index is -4.50. The molecule has 0 aromatic carbocycles. The van der Waals surface area contributed by atoms with Crippen molar-refractivity contribution in [2.24, 2.45) is 5.92 Å². The SMILES string of the molecule is CC(C)CCN(CCO)C(O)S(=O)(=O)O. The first-order valence-electron chi connectivity index (χ1n) is 4.78. The summed E-state index contributed by atoms with van der Waals surface area (Å²) in [7, 11) is -4.50. The van der Waals surface area contributed by atoms with Gasteiger partial charge >= 0.3 is 10.1 Å². The van der Waals surface area contributed by atoms with Crippen molar-refractivity contribution in [1.29, 1.82) is 0 Å². The lowest BCUT2D eigenvalue weighted by atomic mass is 10.1. The first-order chi connectivity index (χ1) is 6.79. The maximum Gasteiger partial charge on any atom is 0.306 e. The molecule has 0 aliphatic heterocycles. The van der Waals surface area contributed by atoms with Crippen LogP contribution >= 0.6 is 0 Å². The molecular formula is C8H19NO5S. The molecule has 0 radical (unpaired) electrons. The summed E-state index contributed by atoms with van der Waals surface area (Å²) in [6.45, 7) is 3.95. The van der Waals surface area contributed by atoms with Crippen LogP contribution in [0.2, 0.25) is 0 Å². The van der Waals surface area contributed by atoms with Crippen molar-refractivity contribution >= 4 is 10.1 Å². The molecule has 0 fully saturated rings. The highest BCUT2D eigenvalue weighted by atomic mass is 32.2. The van der Waals surface area contributed by atoms with E-state index in [-0.39, 0.29) is 13.2 Å². The molecule has 0 aromatic rings. The van der Waals surface area contributed by atoms with Gasteiger partial charge in [0.1, 0.15) is 0 Å². The van der Waals surface area contributed by atoms with E-state index in [4.69, 9.17) is 9.66 Å². The van der Waals surface area contributed by atoms with E-state index in [2.05, 4.69) is 0 Å². The van der Waals surface area contributed by atoms with Crippen LogP contribution in [0.3, 0.4) is 0 Å². The van der Waals surface area contributed by atoms with Crippen LogP contribution in [0.25, 0.3) is 0 Å². The number of aliphatic hydroxyl groups excluding tert-OH is 2. The van der Waals surface area contributed by atoms with Gasteiger partial charge in [-0.25, -0.2) is 0 Å². The molecule has 0 amide bonds. The molecule has 0 aliphatic rings. The second kappa shape index (κ2) is 6.39. The van der Waals surface area contributed by atoms with Gasteiger partial charge in [-0.05, 0) is 12.3 Å². The third-order valence-corrected chi connectivity index (χ3v) is 2.79. The smallest absolute Gasteiger partial charge is 0.306 e. The van der Waals surface area contributed by atoms with Crippen molar-refractivity contribution in [2.75, 3.05) is 19.7 Å². The van der Waals surface area contributed by atoms with E-state index in [1.54, 1.807) is 0 Å². The molecular weight excluding hydrogens is 222 g/mol. The second-order valence-corrected chi connectivity index (χ2v) is 5.23. The lowest BCUT2D eigenvalue weighted by molar-refractivity contribution is 0.0433. The molecule has 0 spiro atoms. The summed E-state index contributed by atoms with van der Waals surface area (Å²) in [4.78, 5) is 1.12. The van der Waals surface area contributed by atoms with Crippen molar-refractivity contribution < 1.29 is 23.2 Å². The van der Waals surface area contributed by atoms with E-state index in [9.17, 15) is 13.5 Å². The topological polar surface area (TPSA) is 98.1 Å². The molecule has 0 aromatic heterocycles. The number of hydrogen-bond acceptors (Lipinski definition) is 5. The predicted octanol–water partition coefficient (Wildman–Crippen LogP) is -0.509. The molecule has 0 rings (SSSR count). The average molecular weight is 241 g/mol. The van der Waals surface area contributed by atoms with Crippen molar-refractivity contribution in [1.82, 2.24) is 4.90 Å². The molecule has 15 heavy (non-hydrogen) atoms. The Morgan fingerprint density at radius 2 is 1.80 bits per heavy atom. The summed E-state index contributed by atoms with van der Waals surface area (Å²) in [5.41, 5.74) is -1.96. The van der Waals surface area contributed by atoms with E-state index in [0.717, 1.165) is 4.90 Å². The van der Waals surface area contributed by atoms with E-state index in [1.165, 1.54) is 0 Å². The highest BCUT2D eigenvalue weighted by Crippen LogP contribution is 2.07. The number of hydrogen-bond donors (Lipinski definition) is 3. The summed E-state index contributed by atoms with van der Waals surface area (Å²) < 4.78 is 30.0. The van der Waals surface area contributed by atoms with Crippen LogP contribution in [0.4, 0.5) is 0 Å². The minimum absolute atomic E-state index is 0.00762. The second-order valence-electron chi connectivity index (χ2n) is 3.78. The van der Waals surface area contributed by atoms with Gasteiger partial charge in [0.2, 0.25) is 5.56 Å². The summed E-state index contributed by atoms with van der Waals surface area (Å²) in [5, 5.41) is 18.0. The third-order valence-electron chi connectivity index (χ3n) is 1.96. The standard InChI is InChI=1S/C8H19NO5S/c1-7(2)3-4-9(5-6-10)8(11)15(12,13)14/h7-8,10-11H,3-6H2,1-2H3,(H,12,13,14). The Labute approximate surface area is 90.3 Å². The summed E-state index contributed by atoms with van der Waals surface area (Å²) >= 11 is 0. The zero-order chi connectivity index (χ0) is 12.1. The highest BCUT2D eigenvalue weighted by molar-refractivity contribution is 7.86. The lowest BCUT2D eigenvalue weighted by Gasteiger charge is -2.25. The van der Waals surface area contributed by atoms with E-state index < -0.39 is 15.7 Å². The Morgan fingerprint density at radius 1 is 1.27 bits per heavy atom. The largest absolute Gasteiger partial charge is 0.395 e. The zero-order valence-corrected chi connectivity index (χ0v) is 9.81. The van der Waals surface area contributed by atoms with Crippen molar-refractivity contribution in [3.05, 3.63) is 0 Å². The van der Waals surface area contributed by atoms with Gasteiger partial charge in [-0.3, -0.25) is 9.45 Å². The summed E-state index contributed by atoms with van der Waals surface area (Å²) in [6.07, 6.45) is 0.673. The fourth-order valence-corrected chi connectivity index (χ4v) is 1.66. The van der Waals surface area contributed by atoms with Crippen molar-refractivity contribution in [3.8, 4) is 0 Å². The van der Waals surface area contributed by atoms with E-state index in [1.807, 2.05) is 13.8 Å². The zero-order valence-electron chi connectivity index (χ0n) is 9.00. The van der Waals surface area contributed by atoms with Crippen LogP contribution in [-0.2, 0) is 10.1 Å². The molecule has 0 saturated heterocycles. The molecule has 0 saturated carbocycles. The van der Waals surface area contributed by atoms with Gasteiger partial charge < -0.3 is 10.2 Å². The van der Waals surface area contributed by atoms with Gasteiger partial charge in [0, 0.05) is 13.1 Å². The summed E-state index contributed by atoms with van der Waals surface area (Å²) in [6, 6.07) is 0. The van der Waals surface area contributed by atoms with E-state index >= 15 is 0 Å². The maximum atomic E-state index is 10.7. The Balaban J connectivity index is 4.38. The maximum absolute atomic E-state index is 10.7. The average Bonchev–Trinajstić information content (AvgIpc) is 2.09. The Kier molecular flexibility index (Phi) is 6.30. The van der Waals surface area contributed by atoms with Crippen LogP contribution in [-0.4, -0.2) is 53.3 Å². The van der Waals surface area contributed by atoms with Crippen LogP contribution in [0.15, 0.2) is 0 Å². The highest BCUT2D eigenvalue weighted by Gasteiger charge is 2.26. The molecule has 3 N–H and O–H groups in total. The molecule has 7 heteroatoms. The van der Waals surface area contributed by atoms with Crippen molar-refractivity contribution in [3.63, 3.8) is 0 Å². The number of nitrogens with zero attached hydrogens (tertiary/aromatic N) is 1. The van der Waals surface area contributed by atoms with Crippen LogP contribution in [0.1, 0.15) is 20.3 Å². The minimum Gasteiger partial charge on any atom is -0.395 e. The van der Waals surface area contributed by atoms with Crippen LogP contribution < -0.4 is 0 Å². The molecule has 0 heterocycles. The van der Waals surface area contributed by atoms with Crippen LogP contribution in [0.5, 0.6) is 0 Å². The van der Waals surface area contributed by atoms with E-state index in [0.29, 0.717) is 18.9 Å². The van der Waals surface area contributed by atoms with Gasteiger partial charge in [-0.2, -0.15) is 8.42 Å². The molecule has 0 bridgehead atoms. The molecule has 92 valence electrons. The molecule has 6 nitrogen and oxygen atoms in total. The molecule has 1 atom stereocenters. The molecule has 1 unspecified atom stereocenters. The van der Waals surface area contributed by atoms with Gasteiger partial charge in [-0.15, -0.1) is 0 Å². The lowest BCUT2D eigenvalue weighted by Crippen LogP contribution is -2.43. The quantitative estimate of drug-likeness (QED) is 0.410. The Hall–Kier alpha value is -0.210. The van der Waals surface area contributed by atoms with Crippen LogP contribution in [0, 0.1) is 5.92 Å². The van der Waals surface area contributed by atoms with Gasteiger partial charge in [-0.1, -0.05) is 13.8 Å².